The highest BCUT2D eigenvalue weighted by Gasteiger charge is 2.17. The first-order valence-corrected chi connectivity index (χ1v) is 6.39. The molecule has 0 saturated heterocycles. The molecule has 0 aliphatic heterocycles. The van der Waals surface area contributed by atoms with Crippen LogP contribution in [0.5, 0.6) is 5.75 Å². The number of benzene rings is 2. The molecule has 2 aromatic rings. The van der Waals surface area contributed by atoms with Crippen molar-refractivity contribution in [2.75, 3.05) is 0 Å². The van der Waals surface area contributed by atoms with Gasteiger partial charge in [-0.1, -0.05) is 42.5 Å². The molecule has 0 unspecified atom stereocenters. The Morgan fingerprint density at radius 2 is 1.62 bits per heavy atom. The zero-order valence-corrected chi connectivity index (χ0v) is 11.4. The number of rotatable bonds is 4. The number of esters is 1. The van der Waals surface area contributed by atoms with Crippen molar-refractivity contribution < 1.29 is 19.4 Å². The Morgan fingerprint density at radius 1 is 1.00 bits per heavy atom. The second kappa shape index (κ2) is 6.52. The maximum atomic E-state index is 12.1. The van der Waals surface area contributed by atoms with Crippen molar-refractivity contribution in [3.8, 4) is 5.75 Å². The summed E-state index contributed by atoms with van der Waals surface area (Å²) in [5.74, 6) is -1.37. The Kier molecular flexibility index (Phi) is 4.51. The number of para-hydroxylation sites is 1. The minimum atomic E-state index is -1.07. The minimum absolute atomic E-state index is 0.0893. The van der Waals surface area contributed by atoms with Gasteiger partial charge in [-0.3, -0.25) is 0 Å². The molecule has 0 aliphatic rings. The van der Waals surface area contributed by atoms with Gasteiger partial charge in [0.15, 0.2) is 0 Å². The summed E-state index contributed by atoms with van der Waals surface area (Å²) in [6, 6.07) is 15.1. The van der Waals surface area contributed by atoms with Gasteiger partial charge in [-0.2, -0.15) is 0 Å². The molecule has 0 spiro atoms. The quantitative estimate of drug-likeness (QED) is 0.530. The Labute approximate surface area is 122 Å². The fourth-order valence-electron chi connectivity index (χ4n) is 1.91. The molecular weight excluding hydrogens is 268 g/mol. The van der Waals surface area contributed by atoms with Crippen LogP contribution < -0.4 is 4.74 Å². The molecule has 0 atom stereocenters. The van der Waals surface area contributed by atoms with Crippen LogP contribution in [0.1, 0.15) is 22.8 Å². The molecule has 2 aromatic carbocycles. The predicted molar refractivity (Wildman–Crippen MR) is 79.1 cm³/mol. The van der Waals surface area contributed by atoms with E-state index in [0.717, 1.165) is 0 Å². The van der Waals surface area contributed by atoms with Crippen LogP contribution in [0.3, 0.4) is 0 Å². The number of carboxylic acid groups (broad SMARTS) is 1. The zero-order chi connectivity index (χ0) is 15.2. The SMILES string of the molecule is CC=C(C(=O)O)c1ccccc1OC(=O)c1ccccc1. The van der Waals surface area contributed by atoms with E-state index in [1.54, 1.807) is 61.5 Å². The normalized spacial score (nSPS) is 11.0. The molecule has 21 heavy (non-hydrogen) atoms. The molecule has 0 heterocycles. The van der Waals surface area contributed by atoms with Gasteiger partial charge in [0.2, 0.25) is 0 Å². The first-order valence-electron chi connectivity index (χ1n) is 6.39. The summed E-state index contributed by atoms with van der Waals surface area (Å²) in [7, 11) is 0. The topological polar surface area (TPSA) is 63.6 Å². The second-order valence-corrected chi connectivity index (χ2v) is 4.26. The predicted octanol–water partition coefficient (Wildman–Crippen LogP) is 3.39. The number of carboxylic acids is 1. The van der Waals surface area contributed by atoms with Gasteiger partial charge in [-0.25, -0.2) is 9.59 Å². The first-order chi connectivity index (χ1) is 10.1. The molecule has 0 saturated carbocycles. The average Bonchev–Trinajstić information content (AvgIpc) is 2.50. The number of ether oxygens (including phenoxy) is 1. The monoisotopic (exact) mass is 282 g/mol. The van der Waals surface area contributed by atoms with E-state index in [0.29, 0.717) is 11.1 Å². The molecule has 106 valence electrons. The Morgan fingerprint density at radius 3 is 2.24 bits per heavy atom. The molecule has 4 nitrogen and oxygen atoms in total. The smallest absolute Gasteiger partial charge is 0.343 e. The minimum Gasteiger partial charge on any atom is -0.478 e. The molecule has 0 amide bonds. The van der Waals surface area contributed by atoms with Gasteiger partial charge in [0.05, 0.1) is 11.1 Å². The van der Waals surface area contributed by atoms with Crippen molar-refractivity contribution in [3.63, 3.8) is 0 Å². The van der Waals surface area contributed by atoms with Gasteiger partial charge in [-0.05, 0) is 25.1 Å². The van der Waals surface area contributed by atoms with Crippen molar-refractivity contribution in [1.29, 1.82) is 0 Å². The van der Waals surface area contributed by atoms with E-state index in [1.807, 2.05) is 0 Å². The highest BCUT2D eigenvalue weighted by atomic mass is 16.5. The lowest BCUT2D eigenvalue weighted by Gasteiger charge is -2.10. The number of hydrogen-bond acceptors (Lipinski definition) is 3. The molecular formula is C17H14O4. The Hall–Kier alpha value is -2.88. The van der Waals surface area contributed by atoms with Gasteiger partial charge in [0.1, 0.15) is 5.75 Å². The van der Waals surface area contributed by atoms with Gasteiger partial charge in [-0.15, -0.1) is 0 Å². The van der Waals surface area contributed by atoms with Crippen molar-refractivity contribution in [1.82, 2.24) is 0 Å². The third kappa shape index (κ3) is 3.36. The van der Waals surface area contributed by atoms with Crippen LogP contribution >= 0.6 is 0 Å². The largest absolute Gasteiger partial charge is 0.478 e. The van der Waals surface area contributed by atoms with E-state index in [1.165, 1.54) is 6.08 Å². The highest BCUT2D eigenvalue weighted by Crippen LogP contribution is 2.26. The van der Waals surface area contributed by atoms with Gasteiger partial charge in [0.25, 0.3) is 0 Å². The Balaban J connectivity index is 2.34. The van der Waals surface area contributed by atoms with Crippen LogP contribution in [0.25, 0.3) is 5.57 Å². The summed E-state index contributed by atoms with van der Waals surface area (Å²) in [6.45, 7) is 1.62. The molecule has 1 N–H and O–H groups in total. The number of hydrogen-bond donors (Lipinski definition) is 1. The summed E-state index contributed by atoms with van der Waals surface area (Å²) in [5.41, 5.74) is 0.868. The van der Waals surface area contributed by atoms with E-state index in [4.69, 9.17) is 4.74 Å². The molecule has 0 aliphatic carbocycles. The number of carbonyl (C=O) groups is 2. The Bertz CT molecular complexity index is 687. The third-order valence-corrected chi connectivity index (χ3v) is 2.91. The van der Waals surface area contributed by atoms with Gasteiger partial charge in [0, 0.05) is 5.56 Å². The number of allylic oxidation sites excluding steroid dienone is 1. The zero-order valence-electron chi connectivity index (χ0n) is 11.4. The molecule has 0 bridgehead atoms. The summed E-state index contributed by atoms with van der Waals surface area (Å²) in [4.78, 5) is 23.3. The maximum absolute atomic E-state index is 12.1. The molecule has 4 heteroatoms. The van der Waals surface area contributed by atoms with Crippen LogP contribution in [0, 0.1) is 0 Å². The fraction of sp³-hybridized carbons (Fsp3) is 0.0588. The van der Waals surface area contributed by atoms with Crippen molar-refractivity contribution in [2.24, 2.45) is 0 Å². The number of carbonyl (C=O) groups excluding carboxylic acids is 1. The first kappa shape index (κ1) is 14.5. The van der Waals surface area contributed by atoms with Crippen LogP contribution in [0.15, 0.2) is 60.7 Å². The van der Waals surface area contributed by atoms with E-state index >= 15 is 0 Å². The van der Waals surface area contributed by atoms with Crippen molar-refractivity contribution in [3.05, 3.63) is 71.8 Å². The third-order valence-electron chi connectivity index (χ3n) is 2.91. The average molecular weight is 282 g/mol. The lowest BCUT2D eigenvalue weighted by atomic mass is 10.0. The lowest BCUT2D eigenvalue weighted by molar-refractivity contribution is -0.130. The summed E-state index contributed by atoms with van der Waals surface area (Å²) >= 11 is 0. The van der Waals surface area contributed by atoms with Gasteiger partial charge < -0.3 is 9.84 Å². The van der Waals surface area contributed by atoms with E-state index in [-0.39, 0.29) is 11.3 Å². The van der Waals surface area contributed by atoms with E-state index in [2.05, 4.69) is 0 Å². The standard InChI is InChI=1S/C17H14O4/c1-2-13(16(18)19)14-10-6-7-11-15(14)21-17(20)12-8-4-3-5-9-12/h2-11H,1H3,(H,18,19). The summed E-state index contributed by atoms with van der Waals surface area (Å²) < 4.78 is 5.32. The van der Waals surface area contributed by atoms with Crippen molar-refractivity contribution >= 4 is 17.5 Å². The fourth-order valence-corrected chi connectivity index (χ4v) is 1.91. The van der Waals surface area contributed by atoms with E-state index in [9.17, 15) is 14.7 Å². The number of aliphatic carboxylic acids is 1. The van der Waals surface area contributed by atoms with Crippen LogP contribution in [-0.4, -0.2) is 17.0 Å². The molecule has 0 aromatic heterocycles. The second-order valence-electron chi connectivity index (χ2n) is 4.26. The molecule has 0 radical (unpaired) electrons. The molecule has 0 fully saturated rings. The van der Waals surface area contributed by atoms with E-state index < -0.39 is 11.9 Å². The van der Waals surface area contributed by atoms with Crippen LogP contribution in [0.4, 0.5) is 0 Å². The summed E-state index contributed by atoms with van der Waals surface area (Å²) in [5, 5.41) is 9.19. The van der Waals surface area contributed by atoms with Crippen LogP contribution in [-0.2, 0) is 4.79 Å². The van der Waals surface area contributed by atoms with Crippen molar-refractivity contribution in [2.45, 2.75) is 6.92 Å². The molecule has 2 rings (SSSR count). The van der Waals surface area contributed by atoms with Crippen LogP contribution in [0.2, 0.25) is 0 Å². The maximum Gasteiger partial charge on any atom is 0.343 e. The lowest BCUT2D eigenvalue weighted by Crippen LogP contribution is -2.10. The van der Waals surface area contributed by atoms with Gasteiger partial charge >= 0.3 is 11.9 Å². The highest BCUT2D eigenvalue weighted by molar-refractivity contribution is 6.16. The summed E-state index contributed by atoms with van der Waals surface area (Å²) in [6.07, 6.45) is 1.47.